The first-order valence-corrected chi connectivity index (χ1v) is 3.86. The number of hydrogen-bond donors (Lipinski definition) is 1. The molecule has 0 aromatic heterocycles. The van der Waals surface area contributed by atoms with Crippen LogP contribution in [-0.2, 0) is 4.74 Å². The third-order valence-corrected chi connectivity index (χ3v) is 1.79. The second-order valence-electron chi connectivity index (χ2n) is 3.16. The molecule has 0 bridgehead atoms. The summed E-state index contributed by atoms with van der Waals surface area (Å²) < 4.78 is 4.92. The van der Waals surface area contributed by atoms with Gasteiger partial charge in [0, 0.05) is 19.2 Å². The van der Waals surface area contributed by atoms with Gasteiger partial charge in [0.1, 0.15) is 0 Å². The van der Waals surface area contributed by atoms with Crippen molar-refractivity contribution in [3.8, 4) is 0 Å². The molecule has 2 nitrogen and oxygen atoms in total. The maximum absolute atomic E-state index is 4.92. The Kier molecular flexibility index (Phi) is 4.65. The topological polar surface area (TPSA) is 21.3 Å². The monoisotopic (exact) mass is 145 g/mol. The van der Waals surface area contributed by atoms with Gasteiger partial charge in [-0.2, -0.15) is 0 Å². The van der Waals surface area contributed by atoms with Gasteiger partial charge in [-0.05, 0) is 20.3 Å². The fourth-order valence-corrected chi connectivity index (χ4v) is 0.616. The Balaban J connectivity index is 3.28. The average Bonchev–Trinajstić information content (AvgIpc) is 1.89. The first-order valence-electron chi connectivity index (χ1n) is 3.86. The van der Waals surface area contributed by atoms with Crippen molar-refractivity contribution in [2.45, 2.75) is 32.7 Å². The van der Waals surface area contributed by atoms with E-state index < -0.39 is 0 Å². The molecule has 0 aliphatic heterocycles. The van der Waals surface area contributed by atoms with Gasteiger partial charge in [0.15, 0.2) is 0 Å². The van der Waals surface area contributed by atoms with Gasteiger partial charge in [0.25, 0.3) is 0 Å². The molecule has 0 saturated carbocycles. The van der Waals surface area contributed by atoms with Crippen LogP contribution in [-0.4, -0.2) is 25.8 Å². The minimum Gasteiger partial charge on any atom is -0.383 e. The predicted molar refractivity (Wildman–Crippen MR) is 44.2 cm³/mol. The summed E-state index contributed by atoms with van der Waals surface area (Å²) >= 11 is 0. The summed E-state index contributed by atoms with van der Waals surface area (Å²) in [7, 11) is 1.72. The lowest BCUT2D eigenvalue weighted by Crippen LogP contribution is -2.40. The molecule has 0 spiro atoms. The van der Waals surface area contributed by atoms with Crippen molar-refractivity contribution in [1.29, 1.82) is 0 Å². The minimum absolute atomic E-state index is 0.262. The highest BCUT2D eigenvalue weighted by molar-refractivity contribution is 4.74. The second kappa shape index (κ2) is 4.69. The van der Waals surface area contributed by atoms with Gasteiger partial charge in [0.2, 0.25) is 0 Å². The van der Waals surface area contributed by atoms with Crippen molar-refractivity contribution in [2.75, 3.05) is 20.3 Å². The van der Waals surface area contributed by atoms with E-state index in [-0.39, 0.29) is 5.54 Å². The van der Waals surface area contributed by atoms with Crippen molar-refractivity contribution in [1.82, 2.24) is 5.32 Å². The summed E-state index contributed by atoms with van der Waals surface area (Å²) in [5.74, 6) is 0. The Morgan fingerprint density at radius 1 is 1.40 bits per heavy atom. The van der Waals surface area contributed by atoms with Crippen LogP contribution >= 0.6 is 0 Å². The van der Waals surface area contributed by atoms with E-state index in [0.29, 0.717) is 0 Å². The molecule has 0 amide bonds. The van der Waals surface area contributed by atoms with E-state index in [4.69, 9.17) is 4.74 Å². The number of rotatable bonds is 5. The molecule has 0 heterocycles. The van der Waals surface area contributed by atoms with Crippen LogP contribution in [0.5, 0.6) is 0 Å². The Morgan fingerprint density at radius 2 is 2.00 bits per heavy atom. The van der Waals surface area contributed by atoms with Gasteiger partial charge >= 0.3 is 0 Å². The maximum Gasteiger partial charge on any atom is 0.0587 e. The zero-order valence-electron chi connectivity index (χ0n) is 7.53. The lowest BCUT2D eigenvalue weighted by atomic mass is 10.0. The molecule has 0 atom stereocenters. The fourth-order valence-electron chi connectivity index (χ4n) is 0.616. The van der Waals surface area contributed by atoms with Crippen molar-refractivity contribution in [2.24, 2.45) is 0 Å². The van der Waals surface area contributed by atoms with Crippen LogP contribution in [0.3, 0.4) is 0 Å². The van der Waals surface area contributed by atoms with E-state index in [9.17, 15) is 0 Å². The average molecular weight is 145 g/mol. The van der Waals surface area contributed by atoms with Crippen molar-refractivity contribution >= 4 is 0 Å². The van der Waals surface area contributed by atoms with Crippen LogP contribution in [0, 0.1) is 0 Å². The highest BCUT2D eigenvalue weighted by Gasteiger charge is 2.11. The molecule has 0 unspecified atom stereocenters. The molecule has 0 aromatic rings. The zero-order valence-corrected chi connectivity index (χ0v) is 7.53. The number of nitrogens with one attached hydrogen (secondary N) is 1. The lowest BCUT2D eigenvalue weighted by Gasteiger charge is -2.24. The Morgan fingerprint density at radius 3 is 2.40 bits per heavy atom. The van der Waals surface area contributed by atoms with Crippen molar-refractivity contribution in [3.05, 3.63) is 0 Å². The molecular formula is C8H19NO. The molecule has 0 aliphatic rings. The van der Waals surface area contributed by atoms with Crippen LogP contribution in [0.25, 0.3) is 0 Å². The molecule has 10 heavy (non-hydrogen) atoms. The minimum atomic E-state index is 0.262. The standard InChI is InChI=1S/C8H19NO/c1-5-8(2,3)9-6-7-10-4/h9H,5-7H2,1-4H3. The largest absolute Gasteiger partial charge is 0.383 e. The van der Waals surface area contributed by atoms with E-state index in [0.717, 1.165) is 19.6 Å². The molecule has 0 radical (unpaired) electrons. The van der Waals surface area contributed by atoms with E-state index in [2.05, 4.69) is 26.1 Å². The highest BCUT2D eigenvalue weighted by atomic mass is 16.5. The third kappa shape index (κ3) is 4.77. The van der Waals surface area contributed by atoms with Crippen LogP contribution in [0.1, 0.15) is 27.2 Å². The molecule has 2 heteroatoms. The molecule has 0 aliphatic carbocycles. The second-order valence-corrected chi connectivity index (χ2v) is 3.16. The summed E-state index contributed by atoms with van der Waals surface area (Å²) in [5, 5.41) is 3.38. The summed E-state index contributed by atoms with van der Waals surface area (Å²) in [6.45, 7) is 8.31. The molecular weight excluding hydrogens is 126 g/mol. The number of ether oxygens (including phenoxy) is 1. The zero-order chi connectivity index (χ0) is 8.04. The molecule has 0 aromatic carbocycles. The SMILES string of the molecule is CCC(C)(C)NCCOC. The highest BCUT2D eigenvalue weighted by Crippen LogP contribution is 2.05. The summed E-state index contributed by atoms with van der Waals surface area (Å²) in [6, 6.07) is 0. The summed E-state index contributed by atoms with van der Waals surface area (Å²) in [5.41, 5.74) is 0.262. The van der Waals surface area contributed by atoms with Crippen LogP contribution in [0.15, 0.2) is 0 Å². The van der Waals surface area contributed by atoms with Crippen molar-refractivity contribution in [3.63, 3.8) is 0 Å². The normalized spacial score (nSPS) is 12.0. The maximum atomic E-state index is 4.92. The smallest absolute Gasteiger partial charge is 0.0587 e. The summed E-state index contributed by atoms with van der Waals surface area (Å²) in [6.07, 6.45) is 1.15. The van der Waals surface area contributed by atoms with Gasteiger partial charge in [-0.3, -0.25) is 0 Å². The first-order chi connectivity index (χ1) is 4.62. The molecule has 62 valence electrons. The fraction of sp³-hybridized carbons (Fsp3) is 1.00. The molecule has 0 rings (SSSR count). The quantitative estimate of drug-likeness (QED) is 0.591. The van der Waals surface area contributed by atoms with Gasteiger partial charge in [-0.1, -0.05) is 6.92 Å². The Labute approximate surface area is 64.0 Å². The molecule has 0 saturated heterocycles. The van der Waals surface area contributed by atoms with Crippen LogP contribution < -0.4 is 5.32 Å². The Hall–Kier alpha value is -0.0800. The van der Waals surface area contributed by atoms with Crippen LogP contribution in [0.4, 0.5) is 0 Å². The molecule has 0 fully saturated rings. The Bertz CT molecular complexity index is 81.3. The van der Waals surface area contributed by atoms with Gasteiger partial charge < -0.3 is 10.1 Å². The lowest BCUT2D eigenvalue weighted by molar-refractivity contribution is 0.188. The first kappa shape index (κ1) is 9.92. The van der Waals surface area contributed by atoms with E-state index in [1.807, 2.05) is 0 Å². The van der Waals surface area contributed by atoms with E-state index in [1.165, 1.54) is 0 Å². The van der Waals surface area contributed by atoms with Gasteiger partial charge in [-0.15, -0.1) is 0 Å². The summed E-state index contributed by atoms with van der Waals surface area (Å²) in [4.78, 5) is 0. The molecule has 1 N–H and O–H groups in total. The van der Waals surface area contributed by atoms with Gasteiger partial charge in [0.05, 0.1) is 6.61 Å². The van der Waals surface area contributed by atoms with Gasteiger partial charge in [-0.25, -0.2) is 0 Å². The number of hydrogen-bond acceptors (Lipinski definition) is 2. The van der Waals surface area contributed by atoms with E-state index in [1.54, 1.807) is 7.11 Å². The van der Waals surface area contributed by atoms with Crippen molar-refractivity contribution < 1.29 is 4.74 Å². The van der Waals surface area contributed by atoms with E-state index >= 15 is 0 Å². The number of methoxy groups -OCH3 is 1. The predicted octanol–water partition coefficient (Wildman–Crippen LogP) is 1.41. The van der Waals surface area contributed by atoms with Crippen LogP contribution in [0.2, 0.25) is 0 Å². The third-order valence-electron chi connectivity index (χ3n) is 1.79.